The molecule has 0 radical (unpaired) electrons. The van der Waals surface area contributed by atoms with Crippen molar-refractivity contribution in [1.29, 1.82) is 0 Å². The van der Waals surface area contributed by atoms with Crippen LogP contribution >= 0.6 is 0 Å². The van der Waals surface area contributed by atoms with Crippen molar-refractivity contribution in [3.8, 4) is 0 Å². The van der Waals surface area contributed by atoms with Crippen LogP contribution in [0.25, 0.3) is 0 Å². The molecule has 0 aliphatic carbocycles. The predicted molar refractivity (Wildman–Crippen MR) is 42.9 cm³/mol. The number of nitrogens with one attached hydrogen (secondary N) is 1. The van der Waals surface area contributed by atoms with E-state index < -0.39 is 6.80 Å². The molecule has 0 saturated carbocycles. The summed E-state index contributed by atoms with van der Waals surface area (Å²) in [5.41, 5.74) is 0. The number of aliphatic imine (C=N–C) groups is 1. The molecule has 0 fully saturated rings. The standard InChI is InChI=1S/C6H12BFN2/c7-5-2-1-3-9-6(5)10-4-8/h5H,1-4,7H2,(H,9,10). The molecule has 0 bridgehead atoms. The van der Waals surface area contributed by atoms with Crippen LogP contribution in [0.1, 0.15) is 12.8 Å². The molecule has 0 aromatic rings. The zero-order valence-corrected chi connectivity index (χ0v) is 6.23. The molecule has 0 spiro atoms. The van der Waals surface area contributed by atoms with Gasteiger partial charge in [0.1, 0.15) is 7.85 Å². The Morgan fingerprint density at radius 1 is 1.80 bits per heavy atom. The minimum absolute atomic E-state index is 0.421. The summed E-state index contributed by atoms with van der Waals surface area (Å²) in [6, 6.07) is 0. The highest BCUT2D eigenvalue weighted by molar-refractivity contribution is 6.25. The molecule has 1 rings (SSSR count). The monoisotopic (exact) mass is 142 g/mol. The van der Waals surface area contributed by atoms with Crippen molar-refractivity contribution >= 4 is 13.7 Å². The van der Waals surface area contributed by atoms with Crippen molar-refractivity contribution in [2.75, 3.05) is 13.3 Å². The minimum Gasteiger partial charge on any atom is -0.347 e. The molecular weight excluding hydrogens is 130 g/mol. The SMILES string of the molecule is BC1CCCN=C1NCF. The van der Waals surface area contributed by atoms with Crippen molar-refractivity contribution < 1.29 is 4.39 Å². The molecule has 0 amide bonds. The lowest BCUT2D eigenvalue weighted by Crippen LogP contribution is -2.29. The van der Waals surface area contributed by atoms with Gasteiger partial charge in [0, 0.05) is 6.54 Å². The first-order valence-corrected chi connectivity index (χ1v) is 3.68. The lowest BCUT2D eigenvalue weighted by atomic mass is 9.81. The van der Waals surface area contributed by atoms with Gasteiger partial charge in [-0.05, 0) is 18.7 Å². The molecule has 2 nitrogen and oxygen atoms in total. The Bertz CT molecular complexity index is 138. The van der Waals surface area contributed by atoms with Crippen LogP contribution in [0.15, 0.2) is 4.99 Å². The van der Waals surface area contributed by atoms with Gasteiger partial charge in [-0.1, -0.05) is 0 Å². The summed E-state index contributed by atoms with van der Waals surface area (Å²) < 4.78 is 11.8. The van der Waals surface area contributed by atoms with Gasteiger partial charge in [-0.25, -0.2) is 4.39 Å². The third-order valence-electron chi connectivity index (χ3n) is 1.79. The van der Waals surface area contributed by atoms with Crippen molar-refractivity contribution in [3.63, 3.8) is 0 Å². The lowest BCUT2D eigenvalue weighted by molar-refractivity contribution is 0.470. The Hall–Kier alpha value is -0.535. The van der Waals surface area contributed by atoms with Crippen LogP contribution in [-0.2, 0) is 0 Å². The summed E-state index contributed by atoms with van der Waals surface area (Å²) in [6.45, 7) is 0.357. The molecule has 1 unspecified atom stereocenters. The van der Waals surface area contributed by atoms with Crippen LogP contribution in [0, 0.1) is 0 Å². The Morgan fingerprint density at radius 3 is 3.20 bits per heavy atom. The first-order valence-electron chi connectivity index (χ1n) is 3.68. The summed E-state index contributed by atoms with van der Waals surface area (Å²) in [7, 11) is 2.07. The van der Waals surface area contributed by atoms with Gasteiger partial charge in [-0.2, -0.15) is 0 Å². The van der Waals surface area contributed by atoms with Crippen LogP contribution in [0.5, 0.6) is 0 Å². The Kier molecular flexibility index (Phi) is 2.72. The van der Waals surface area contributed by atoms with Crippen LogP contribution < -0.4 is 5.32 Å². The molecule has 56 valence electrons. The Balaban J connectivity index is 2.44. The third-order valence-corrected chi connectivity index (χ3v) is 1.79. The van der Waals surface area contributed by atoms with E-state index in [2.05, 4.69) is 18.2 Å². The van der Waals surface area contributed by atoms with E-state index in [1.807, 2.05) is 0 Å². The van der Waals surface area contributed by atoms with Gasteiger partial charge in [-0.15, -0.1) is 0 Å². The Morgan fingerprint density at radius 2 is 2.60 bits per heavy atom. The van der Waals surface area contributed by atoms with E-state index in [4.69, 9.17) is 0 Å². The van der Waals surface area contributed by atoms with E-state index in [1.54, 1.807) is 0 Å². The van der Waals surface area contributed by atoms with Crippen LogP contribution in [0.4, 0.5) is 4.39 Å². The van der Waals surface area contributed by atoms with Gasteiger partial charge in [0.15, 0.2) is 6.80 Å². The van der Waals surface area contributed by atoms with E-state index >= 15 is 0 Å². The van der Waals surface area contributed by atoms with Crippen LogP contribution in [0.3, 0.4) is 0 Å². The number of nitrogens with zero attached hydrogens (tertiary/aromatic N) is 1. The zero-order chi connectivity index (χ0) is 7.40. The van der Waals surface area contributed by atoms with Crippen LogP contribution in [0.2, 0.25) is 5.82 Å². The van der Waals surface area contributed by atoms with E-state index in [0.717, 1.165) is 25.2 Å². The summed E-state index contributed by atoms with van der Waals surface area (Å²) in [5.74, 6) is 1.26. The molecule has 4 heteroatoms. The fraction of sp³-hybridized carbons (Fsp3) is 0.833. The third kappa shape index (κ3) is 1.72. The van der Waals surface area contributed by atoms with Gasteiger partial charge in [0.05, 0.1) is 5.84 Å². The minimum atomic E-state index is -0.497. The number of hydrogen-bond donors (Lipinski definition) is 1. The van der Waals surface area contributed by atoms with Crippen molar-refractivity contribution in [2.45, 2.75) is 18.7 Å². The normalized spacial score (nSPS) is 25.7. The molecule has 1 atom stereocenters. The molecule has 0 aromatic heterocycles. The van der Waals surface area contributed by atoms with Gasteiger partial charge in [-0.3, -0.25) is 4.99 Å². The van der Waals surface area contributed by atoms with E-state index in [0.29, 0.717) is 5.82 Å². The molecule has 0 aromatic carbocycles. The first kappa shape index (κ1) is 7.57. The summed E-state index contributed by atoms with van der Waals surface area (Å²) >= 11 is 0. The average molecular weight is 142 g/mol. The smallest absolute Gasteiger partial charge is 0.160 e. The molecular formula is C6H12BFN2. The van der Waals surface area contributed by atoms with E-state index in [-0.39, 0.29) is 0 Å². The highest BCUT2D eigenvalue weighted by Gasteiger charge is 2.12. The van der Waals surface area contributed by atoms with Gasteiger partial charge >= 0.3 is 0 Å². The van der Waals surface area contributed by atoms with Crippen molar-refractivity contribution in [1.82, 2.24) is 5.32 Å². The summed E-state index contributed by atoms with van der Waals surface area (Å²) in [4.78, 5) is 4.17. The molecule has 1 aliphatic heterocycles. The molecule has 10 heavy (non-hydrogen) atoms. The highest BCUT2D eigenvalue weighted by Crippen LogP contribution is 2.14. The van der Waals surface area contributed by atoms with Gasteiger partial charge in [0.25, 0.3) is 0 Å². The van der Waals surface area contributed by atoms with E-state index in [9.17, 15) is 4.39 Å². The first-order chi connectivity index (χ1) is 4.84. The number of amidine groups is 1. The summed E-state index contributed by atoms with van der Waals surface area (Å²) in [5, 5.41) is 2.62. The van der Waals surface area contributed by atoms with Crippen LogP contribution in [-0.4, -0.2) is 27.0 Å². The van der Waals surface area contributed by atoms with Crippen molar-refractivity contribution in [2.24, 2.45) is 4.99 Å². The molecule has 0 saturated heterocycles. The fourth-order valence-electron chi connectivity index (χ4n) is 1.19. The van der Waals surface area contributed by atoms with Crippen molar-refractivity contribution in [3.05, 3.63) is 0 Å². The predicted octanol–water partition coefficient (Wildman–Crippen LogP) is 0.117. The number of halogens is 1. The molecule has 1 N–H and O–H groups in total. The zero-order valence-electron chi connectivity index (χ0n) is 6.23. The second kappa shape index (κ2) is 3.59. The quantitative estimate of drug-likeness (QED) is 0.408. The maximum absolute atomic E-state index is 11.8. The average Bonchev–Trinajstić information content (AvgIpc) is 1.94. The summed E-state index contributed by atoms with van der Waals surface area (Å²) in [6.07, 6.45) is 2.27. The maximum Gasteiger partial charge on any atom is 0.160 e. The topological polar surface area (TPSA) is 24.4 Å². The fourth-order valence-corrected chi connectivity index (χ4v) is 1.19. The Labute approximate surface area is 61.3 Å². The highest BCUT2D eigenvalue weighted by atomic mass is 19.1. The van der Waals surface area contributed by atoms with Gasteiger partial charge < -0.3 is 5.32 Å². The molecule has 1 heterocycles. The largest absolute Gasteiger partial charge is 0.347 e. The lowest BCUT2D eigenvalue weighted by Gasteiger charge is -2.18. The number of hydrogen-bond acceptors (Lipinski definition) is 2. The second-order valence-electron chi connectivity index (χ2n) is 2.62. The van der Waals surface area contributed by atoms with E-state index in [1.165, 1.54) is 0 Å². The number of alkyl halides is 1. The van der Waals surface area contributed by atoms with Gasteiger partial charge in [0.2, 0.25) is 0 Å². The second-order valence-corrected chi connectivity index (χ2v) is 2.62. The molecule has 1 aliphatic rings. The maximum atomic E-state index is 11.8. The number of rotatable bonds is 1.